The molecule has 150 valence electrons. The minimum atomic E-state index is -1.61. The fraction of sp³-hybridized carbons (Fsp3) is 0.300. The van der Waals surface area contributed by atoms with Gasteiger partial charge in [-0.05, 0) is 26.3 Å². The lowest BCUT2D eigenvalue weighted by Gasteiger charge is -2.26. The van der Waals surface area contributed by atoms with E-state index in [-0.39, 0.29) is 29.5 Å². The van der Waals surface area contributed by atoms with Crippen LogP contribution in [-0.2, 0) is 24.5 Å². The van der Waals surface area contributed by atoms with Gasteiger partial charge in [0.05, 0.1) is 11.7 Å². The van der Waals surface area contributed by atoms with Gasteiger partial charge in [-0.1, -0.05) is 24.3 Å². The zero-order valence-electron chi connectivity index (χ0n) is 16.2. The van der Waals surface area contributed by atoms with Crippen LogP contribution in [0, 0.1) is 0 Å². The highest BCUT2D eigenvalue weighted by molar-refractivity contribution is 6.14. The van der Waals surface area contributed by atoms with Gasteiger partial charge in [0.25, 0.3) is 6.01 Å². The molecule has 9 heteroatoms. The number of nitrogens with two attached hydrogens (primary N) is 2. The van der Waals surface area contributed by atoms with Crippen LogP contribution < -0.4 is 11.5 Å². The van der Waals surface area contributed by atoms with Crippen molar-refractivity contribution in [3.05, 3.63) is 46.8 Å². The topological polar surface area (TPSA) is 142 Å². The Kier molecular flexibility index (Phi) is 4.00. The summed E-state index contributed by atoms with van der Waals surface area (Å²) in [7, 11) is 0. The molecule has 0 saturated carbocycles. The third-order valence-corrected chi connectivity index (χ3v) is 5.14. The molecule has 2 amide bonds. The molecule has 0 unspecified atom stereocenters. The van der Waals surface area contributed by atoms with Crippen molar-refractivity contribution in [3.63, 3.8) is 0 Å². The van der Waals surface area contributed by atoms with E-state index in [0.717, 1.165) is 0 Å². The molecule has 1 aromatic heterocycles. The fourth-order valence-electron chi connectivity index (χ4n) is 4.17. The summed E-state index contributed by atoms with van der Waals surface area (Å²) < 4.78 is 11.0. The van der Waals surface area contributed by atoms with Crippen molar-refractivity contribution in [2.75, 3.05) is 12.3 Å². The van der Waals surface area contributed by atoms with Crippen LogP contribution in [0.1, 0.15) is 32.0 Å². The molecule has 0 fully saturated rings. The van der Waals surface area contributed by atoms with Gasteiger partial charge >= 0.3 is 5.97 Å². The fourth-order valence-corrected chi connectivity index (χ4v) is 4.17. The lowest BCUT2D eigenvalue weighted by atomic mass is 9.74. The first kappa shape index (κ1) is 18.7. The molecule has 1 spiro atoms. The first-order chi connectivity index (χ1) is 13.7. The molecule has 1 aliphatic carbocycles. The molecule has 1 atom stereocenters. The largest absolute Gasteiger partial charge is 0.460 e. The van der Waals surface area contributed by atoms with Gasteiger partial charge in [0.1, 0.15) is 12.2 Å². The van der Waals surface area contributed by atoms with Gasteiger partial charge in [-0.2, -0.15) is 4.98 Å². The number of allylic oxidation sites excluding steroid dienone is 1. The van der Waals surface area contributed by atoms with E-state index in [1.165, 1.54) is 4.90 Å². The monoisotopic (exact) mass is 396 g/mol. The predicted molar refractivity (Wildman–Crippen MR) is 102 cm³/mol. The second-order valence-corrected chi connectivity index (χ2v) is 7.30. The number of amides is 2. The summed E-state index contributed by atoms with van der Waals surface area (Å²) in [5, 5.41) is 0. The normalized spacial score (nSPS) is 19.9. The van der Waals surface area contributed by atoms with Crippen molar-refractivity contribution >= 4 is 23.8 Å². The van der Waals surface area contributed by atoms with E-state index in [4.69, 9.17) is 20.6 Å². The predicted octanol–water partition coefficient (Wildman–Crippen LogP) is 1.08. The molecular weight excluding hydrogens is 376 g/mol. The Morgan fingerprint density at radius 3 is 2.66 bits per heavy atom. The van der Waals surface area contributed by atoms with Gasteiger partial charge in [-0.15, -0.1) is 0 Å². The van der Waals surface area contributed by atoms with Gasteiger partial charge in [0.2, 0.25) is 11.8 Å². The van der Waals surface area contributed by atoms with Crippen LogP contribution in [-0.4, -0.2) is 40.3 Å². The minimum Gasteiger partial charge on any atom is -0.460 e. The Morgan fingerprint density at radius 2 is 2.00 bits per heavy atom. The number of nitrogen functional groups attached to an aromatic ring is 1. The van der Waals surface area contributed by atoms with Crippen LogP contribution in [0.2, 0.25) is 0 Å². The van der Waals surface area contributed by atoms with E-state index in [1.807, 2.05) is 0 Å². The number of carbonyl (C=O) groups is 3. The molecule has 0 bridgehead atoms. The number of nitrogens with zero attached hydrogens (tertiary/aromatic N) is 2. The van der Waals surface area contributed by atoms with Crippen LogP contribution in [0.5, 0.6) is 0 Å². The number of hydrogen-bond donors (Lipinski definition) is 2. The Bertz CT molecular complexity index is 1100. The van der Waals surface area contributed by atoms with E-state index in [0.29, 0.717) is 16.9 Å². The lowest BCUT2D eigenvalue weighted by Crippen LogP contribution is -2.44. The van der Waals surface area contributed by atoms with Crippen molar-refractivity contribution in [2.45, 2.75) is 32.3 Å². The number of rotatable bonds is 4. The first-order valence-electron chi connectivity index (χ1n) is 9.08. The van der Waals surface area contributed by atoms with Crippen LogP contribution in [0.15, 0.2) is 40.0 Å². The maximum Gasteiger partial charge on any atom is 0.337 e. The van der Waals surface area contributed by atoms with Gasteiger partial charge in [-0.3, -0.25) is 9.59 Å². The zero-order chi connectivity index (χ0) is 21.1. The second-order valence-electron chi connectivity index (χ2n) is 7.30. The maximum atomic E-state index is 13.8. The average molecular weight is 396 g/mol. The molecule has 1 aromatic carbocycles. The number of carbonyl (C=O) groups excluding carboxylic acids is 3. The standard InChI is InChI=1S/C20H20N4O5/c1-9(2)28-17(26)14-10(3)24(8-13(21)25)18(27)20(14)12-7-5-4-6-11(12)15-16(20)23-19(22)29-15/h4-7,9H,8H2,1-3H3,(H2,21,25)(H2,22,23)/t20-/m1/s1. The van der Waals surface area contributed by atoms with Gasteiger partial charge in [0, 0.05) is 11.3 Å². The average Bonchev–Trinajstić information content (AvgIpc) is 3.20. The number of fused-ring (bicyclic) bond motifs is 5. The molecule has 9 nitrogen and oxygen atoms in total. The molecule has 2 aliphatic rings. The Balaban J connectivity index is 2.05. The molecule has 0 radical (unpaired) electrons. The Morgan fingerprint density at radius 1 is 1.31 bits per heavy atom. The molecule has 1 aliphatic heterocycles. The summed E-state index contributed by atoms with van der Waals surface area (Å²) in [4.78, 5) is 44.0. The number of ether oxygens (including phenoxy) is 1. The van der Waals surface area contributed by atoms with Crippen molar-refractivity contribution in [1.29, 1.82) is 0 Å². The zero-order valence-corrected chi connectivity index (χ0v) is 16.2. The number of aromatic nitrogens is 1. The third-order valence-electron chi connectivity index (χ3n) is 5.14. The summed E-state index contributed by atoms with van der Waals surface area (Å²) in [6, 6.07) is 6.89. The van der Waals surface area contributed by atoms with Crippen LogP contribution in [0.4, 0.5) is 6.01 Å². The molecule has 2 aromatic rings. The lowest BCUT2D eigenvalue weighted by molar-refractivity contribution is -0.144. The number of esters is 1. The quantitative estimate of drug-likeness (QED) is 0.736. The summed E-state index contributed by atoms with van der Waals surface area (Å²) in [6.07, 6.45) is -0.418. The minimum absolute atomic E-state index is 0.0805. The number of oxazole rings is 1. The smallest absolute Gasteiger partial charge is 0.337 e. The van der Waals surface area contributed by atoms with E-state index >= 15 is 0 Å². The Hall–Kier alpha value is -3.62. The Labute approximate surface area is 166 Å². The number of benzene rings is 1. The van der Waals surface area contributed by atoms with E-state index in [2.05, 4.69) is 4.98 Å². The highest BCUT2D eigenvalue weighted by Gasteiger charge is 2.63. The number of anilines is 1. The van der Waals surface area contributed by atoms with Crippen molar-refractivity contribution in [2.24, 2.45) is 5.73 Å². The SMILES string of the molecule is CC1=C(C(=O)OC(C)C)[C@]2(C(=O)N1CC(N)=O)c1ccccc1-c1oc(N)nc12. The molecule has 4 rings (SSSR count). The van der Waals surface area contributed by atoms with Crippen LogP contribution in [0.3, 0.4) is 0 Å². The van der Waals surface area contributed by atoms with Gasteiger partial charge < -0.3 is 25.5 Å². The first-order valence-corrected chi connectivity index (χ1v) is 9.08. The van der Waals surface area contributed by atoms with Crippen molar-refractivity contribution < 1.29 is 23.5 Å². The summed E-state index contributed by atoms with van der Waals surface area (Å²) in [5.74, 6) is -1.60. The van der Waals surface area contributed by atoms with E-state index in [1.54, 1.807) is 45.0 Å². The summed E-state index contributed by atoms with van der Waals surface area (Å²) in [6.45, 7) is 4.62. The third kappa shape index (κ3) is 2.40. The van der Waals surface area contributed by atoms with Gasteiger partial charge in [0.15, 0.2) is 11.2 Å². The number of primary amides is 1. The molecule has 4 N–H and O–H groups in total. The summed E-state index contributed by atoms with van der Waals surface area (Å²) >= 11 is 0. The van der Waals surface area contributed by atoms with Crippen molar-refractivity contribution in [3.8, 4) is 11.3 Å². The summed E-state index contributed by atoms with van der Waals surface area (Å²) in [5.41, 5.74) is 11.2. The van der Waals surface area contributed by atoms with E-state index < -0.39 is 29.3 Å². The molecule has 2 heterocycles. The van der Waals surface area contributed by atoms with E-state index in [9.17, 15) is 14.4 Å². The highest BCUT2D eigenvalue weighted by Crippen LogP contribution is 2.57. The molecule has 29 heavy (non-hydrogen) atoms. The van der Waals surface area contributed by atoms with Gasteiger partial charge in [-0.25, -0.2) is 4.79 Å². The van der Waals surface area contributed by atoms with Crippen LogP contribution in [0.25, 0.3) is 11.3 Å². The van der Waals surface area contributed by atoms with Crippen LogP contribution >= 0.6 is 0 Å². The maximum absolute atomic E-state index is 13.8. The highest BCUT2D eigenvalue weighted by atomic mass is 16.5. The molecular formula is C20H20N4O5. The number of hydrogen-bond acceptors (Lipinski definition) is 7. The van der Waals surface area contributed by atoms with Crippen molar-refractivity contribution in [1.82, 2.24) is 9.88 Å². The molecule has 0 saturated heterocycles. The second kappa shape index (κ2) is 6.20.